The third kappa shape index (κ3) is 2.42. The summed E-state index contributed by atoms with van der Waals surface area (Å²) in [6.07, 6.45) is 3.61. The van der Waals surface area contributed by atoms with Gasteiger partial charge in [-0.15, -0.1) is 11.3 Å². The molecule has 1 N–H and O–H groups in total. The van der Waals surface area contributed by atoms with Crippen molar-refractivity contribution in [2.24, 2.45) is 0 Å². The molecule has 1 aliphatic rings. The molecule has 17 heavy (non-hydrogen) atoms. The Labute approximate surface area is 105 Å². The molecular weight excluding hydrogens is 232 g/mol. The van der Waals surface area contributed by atoms with Crippen LogP contribution in [-0.4, -0.2) is 17.6 Å². The molecule has 1 atom stereocenters. The van der Waals surface area contributed by atoms with Gasteiger partial charge in [0.1, 0.15) is 11.5 Å². The lowest BCUT2D eigenvalue weighted by Crippen LogP contribution is -2.23. The van der Waals surface area contributed by atoms with Crippen LogP contribution in [0.4, 0.5) is 0 Å². The van der Waals surface area contributed by atoms with Gasteiger partial charge in [-0.05, 0) is 38.4 Å². The highest BCUT2D eigenvalue weighted by atomic mass is 32.1. The first-order valence-corrected chi connectivity index (χ1v) is 6.94. The summed E-state index contributed by atoms with van der Waals surface area (Å²) in [7, 11) is 0. The van der Waals surface area contributed by atoms with Crippen LogP contribution in [0.15, 0.2) is 21.9 Å². The second-order valence-electron chi connectivity index (χ2n) is 4.53. The summed E-state index contributed by atoms with van der Waals surface area (Å²) in [5.74, 6) is 1.82. The summed E-state index contributed by atoms with van der Waals surface area (Å²) < 4.78 is 5.58. The van der Waals surface area contributed by atoms with E-state index in [0.29, 0.717) is 6.04 Å². The molecular formula is C13H16N2OS. The Morgan fingerprint density at radius 3 is 3.18 bits per heavy atom. The lowest BCUT2D eigenvalue weighted by Gasteiger charge is -2.06. The topological polar surface area (TPSA) is 38.1 Å². The minimum absolute atomic E-state index is 0.618. The molecule has 1 fully saturated rings. The van der Waals surface area contributed by atoms with Crippen molar-refractivity contribution in [3.05, 3.63) is 28.3 Å². The average molecular weight is 248 g/mol. The molecule has 2 aromatic rings. The molecule has 0 aromatic carbocycles. The van der Waals surface area contributed by atoms with Crippen LogP contribution >= 0.6 is 11.3 Å². The Morgan fingerprint density at radius 1 is 1.53 bits per heavy atom. The molecule has 0 saturated carbocycles. The normalized spacial score (nSPS) is 19.9. The molecule has 3 nitrogen and oxygen atoms in total. The molecule has 90 valence electrons. The van der Waals surface area contributed by atoms with E-state index in [1.54, 1.807) is 11.3 Å². The lowest BCUT2D eigenvalue weighted by atomic mass is 10.2. The number of hydrogen-bond acceptors (Lipinski definition) is 4. The number of aromatic nitrogens is 1. The summed E-state index contributed by atoms with van der Waals surface area (Å²) >= 11 is 1.73. The fourth-order valence-corrected chi connectivity index (χ4v) is 3.10. The van der Waals surface area contributed by atoms with Gasteiger partial charge in [0, 0.05) is 17.8 Å². The van der Waals surface area contributed by atoms with E-state index in [-0.39, 0.29) is 0 Å². The molecule has 1 saturated heterocycles. The summed E-state index contributed by atoms with van der Waals surface area (Å²) in [5, 5.41) is 6.79. The predicted octanol–water partition coefficient (Wildman–Crippen LogP) is 3.01. The Balaban J connectivity index is 1.73. The summed E-state index contributed by atoms with van der Waals surface area (Å²) in [6, 6.07) is 4.59. The van der Waals surface area contributed by atoms with Crippen molar-refractivity contribution in [1.82, 2.24) is 10.3 Å². The number of hydrogen-bond donors (Lipinski definition) is 1. The third-order valence-electron chi connectivity index (χ3n) is 3.13. The molecule has 0 bridgehead atoms. The molecule has 0 aliphatic carbocycles. The van der Waals surface area contributed by atoms with Crippen LogP contribution in [0, 0.1) is 6.92 Å². The maximum Gasteiger partial charge on any atom is 0.153 e. The third-order valence-corrected chi connectivity index (χ3v) is 4.00. The Bertz CT molecular complexity index is 497. The van der Waals surface area contributed by atoms with Crippen LogP contribution < -0.4 is 5.32 Å². The number of nitrogens with zero attached hydrogens (tertiary/aromatic N) is 1. The van der Waals surface area contributed by atoms with Crippen LogP contribution in [0.5, 0.6) is 0 Å². The highest BCUT2D eigenvalue weighted by Crippen LogP contribution is 2.25. The summed E-state index contributed by atoms with van der Waals surface area (Å²) in [4.78, 5) is 4.64. The van der Waals surface area contributed by atoms with Crippen molar-refractivity contribution in [3.63, 3.8) is 0 Å². The molecule has 3 heterocycles. The Kier molecular flexibility index (Phi) is 2.99. The fourth-order valence-electron chi connectivity index (χ4n) is 2.23. The van der Waals surface area contributed by atoms with Crippen LogP contribution in [0.2, 0.25) is 0 Å². The predicted molar refractivity (Wildman–Crippen MR) is 69.3 cm³/mol. The van der Waals surface area contributed by atoms with E-state index in [0.717, 1.165) is 30.2 Å². The van der Waals surface area contributed by atoms with Crippen molar-refractivity contribution in [2.75, 3.05) is 6.54 Å². The molecule has 2 aromatic heterocycles. The van der Waals surface area contributed by atoms with Gasteiger partial charge in [0.15, 0.2) is 5.76 Å². The smallest absolute Gasteiger partial charge is 0.153 e. The lowest BCUT2D eigenvalue weighted by molar-refractivity contribution is 0.546. The number of thiazole rings is 1. The van der Waals surface area contributed by atoms with Gasteiger partial charge < -0.3 is 9.73 Å². The summed E-state index contributed by atoms with van der Waals surface area (Å²) in [5.41, 5.74) is 0.969. The maximum absolute atomic E-state index is 5.58. The number of rotatable bonds is 3. The van der Waals surface area contributed by atoms with E-state index >= 15 is 0 Å². The van der Waals surface area contributed by atoms with Crippen molar-refractivity contribution >= 4 is 11.3 Å². The van der Waals surface area contributed by atoms with Crippen molar-refractivity contribution in [3.8, 4) is 11.5 Å². The number of nitrogens with one attached hydrogen (secondary N) is 1. The second kappa shape index (κ2) is 4.63. The van der Waals surface area contributed by atoms with E-state index < -0.39 is 0 Å². The number of aryl methyl sites for hydroxylation is 1. The SMILES string of the molecule is Cc1ccc(-c2csc(CC3CCCN3)n2)o1. The molecule has 0 amide bonds. The van der Waals surface area contributed by atoms with Crippen molar-refractivity contribution in [2.45, 2.75) is 32.2 Å². The van der Waals surface area contributed by atoms with E-state index in [2.05, 4.69) is 15.7 Å². The van der Waals surface area contributed by atoms with E-state index in [1.165, 1.54) is 17.8 Å². The highest BCUT2D eigenvalue weighted by Gasteiger charge is 2.16. The molecule has 0 radical (unpaired) electrons. The van der Waals surface area contributed by atoms with Crippen molar-refractivity contribution in [1.29, 1.82) is 0 Å². The molecule has 1 unspecified atom stereocenters. The van der Waals surface area contributed by atoms with Crippen LogP contribution in [0.1, 0.15) is 23.6 Å². The number of furan rings is 1. The molecule has 3 rings (SSSR count). The Morgan fingerprint density at radius 2 is 2.47 bits per heavy atom. The van der Waals surface area contributed by atoms with Gasteiger partial charge in [-0.2, -0.15) is 0 Å². The highest BCUT2D eigenvalue weighted by molar-refractivity contribution is 7.09. The van der Waals surface area contributed by atoms with Gasteiger partial charge in [0.05, 0.1) is 5.01 Å². The van der Waals surface area contributed by atoms with Gasteiger partial charge in [0.25, 0.3) is 0 Å². The van der Waals surface area contributed by atoms with E-state index in [9.17, 15) is 0 Å². The zero-order valence-electron chi connectivity index (χ0n) is 9.90. The van der Waals surface area contributed by atoms with Gasteiger partial charge in [0.2, 0.25) is 0 Å². The molecule has 4 heteroatoms. The monoisotopic (exact) mass is 248 g/mol. The summed E-state index contributed by atoms with van der Waals surface area (Å²) in [6.45, 7) is 3.11. The maximum atomic E-state index is 5.58. The standard InChI is InChI=1S/C13H16N2OS/c1-9-4-5-12(16-9)11-8-17-13(15-11)7-10-3-2-6-14-10/h4-5,8,10,14H,2-3,6-7H2,1H3. The van der Waals surface area contributed by atoms with E-state index in [4.69, 9.17) is 4.42 Å². The molecule has 0 spiro atoms. The van der Waals surface area contributed by atoms with Gasteiger partial charge >= 0.3 is 0 Å². The van der Waals surface area contributed by atoms with E-state index in [1.807, 2.05) is 19.1 Å². The van der Waals surface area contributed by atoms with Crippen LogP contribution in [0.25, 0.3) is 11.5 Å². The zero-order valence-corrected chi connectivity index (χ0v) is 10.7. The van der Waals surface area contributed by atoms with Gasteiger partial charge in [-0.3, -0.25) is 0 Å². The van der Waals surface area contributed by atoms with Gasteiger partial charge in [-0.25, -0.2) is 4.98 Å². The average Bonchev–Trinajstić information content (AvgIpc) is 2.99. The largest absolute Gasteiger partial charge is 0.460 e. The minimum atomic E-state index is 0.618. The zero-order chi connectivity index (χ0) is 11.7. The first kappa shape index (κ1) is 11.0. The molecule has 1 aliphatic heterocycles. The van der Waals surface area contributed by atoms with Crippen molar-refractivity contribution < 1.29 is 4.42 Å². The minimum Gasteiger partial charge on any atom is -0.460 e. The first-order valence-electron chi connectivity index (χ1n) is 6.06. The van der Waals surface area contributed by atoms with Crippen LogP contribution in [-0.2, 0) is 6.42 Å². The van der Waals surface area contributed by atoms with Gasteiger partial charge in [-0.1, -0.05) is 0 Å². The van der Waals surface area contributed by atoms with Crippen LogP contribution in [0.3, 0.4) is 0 Å². The quantitative estimate of drug-likeness (QED) is 0.907. The second-order valence-corrected chi connectivity index (χ2v) is 5.48. The Hall–Kier alpha value is -1.13. The first-order chi connectivity index (χ1) is 8.31. The fraction of sp³-hybridized carbons (Fsp3) is 0.462.